The molecule has 2 amide bonds. The molecule has 0 radical (unpaired) electrons. The second-order valence-electron chi connectivity index (χ2n) is 9.74. The van der Waals surface area contributed by atoms with Crippen LogP contribution in [0.4, 0.5) is 5.69 Å². The van der Waals surface area contributed by atoms with E-state index < -0.39 is 28.5 Å². The number of rotatable bonds is 12. The molecule has 0 aliphatic carbocycles. The quantitative estimate of drug-likeness (QED) is 0.294. The van der Waals surface area contributed by atoms with Gasteiger partial charge in [-0.25, -0.2) is 8.42 Å². The van der Waals surface area contributed by atoms with Crippen LogP contribution in [0.15, 0.2) is 83.3 Å². The first kappa shape index (κ1) is 30.7. The van der Waals surface area contributed by atoms with Crippen molar-refractivity contribution in [2.45, 2.75) is 32.9 Å². The molecule has 1 N–H and O–H groups in total. The average molecular weight is 635 g/mol. The molecule has 0 fully saturated rings. The minimum absolute atomic E-state index is 0.0733. The molecular weight excluding hydrogens is 602 g/mol. The van der Waals surface area contributed by atoms with Crippen LogP contribution in [-0.4, -0.2) is 50.5 Å². The van der Waals surface area contributed by atoms with Gasteiger partial charge in [-0.05, 0) is 53.4 Å². The smallest absolute Gasteiger partial charge is 0.244 e. The molecule has 0 heterocycles. The summed E-state index contributed by atoms with van der Waals surface area (Å²) < 4.78 is 27.4. The molecule has 3 aromatic rings. The fourth-order valence-electron chi connectivity index (χ4n) is 4.03. The summed E-state index contributed by atoms with van der Waals surface area (Å²) in [5.41, 5.74) is 1.94. The third-order valence-corrected chi connectivity index (χ3v) is 7.90. The van der Waals surface area contributed by atoms with Crippen LogP contribution in [0.25, 0.3) is 0 Å². The molecule has 0 aromatic heterocycles. The minimum Gasteiger partial charge on any atom is -0.354 e. The van der Waals surface area contributed by atoms with Gasteiger partial charge in [0.05, 0.1) is 11.9 Å². The van der Waals surface area contributed by atoms with Gasteiger partial charge in [0.15, 0.2) is 0 Å². The fraction of sp³-hybridized carbons (Fsp3) is 0.310. The number of hydrogen-bond acceptors (Lipinski definition) is 4. The fourth-order valence-corrected chi connectivity index (χ4v) is 5.36. The summed E-state index contributed by atoms with van der Waals surface area (Å²) in [7, 11) is -3.82. The first-order chi connectivity index (χ1) is 18.4. The van der Waals surface area contributed by atoms with Gasteiger partial charge in [-0.1, -0.05) is 83.8 Å². The van der Waals surface area contributed by atoms with Crippen LogP contribution in [0, 0.1) is 5.92 Å². The number of halogens is 2. The van der Waals surface area contributed by atoms with E-state index in [0.29, 0.717) is 17.3 Å². The Morgan fingerprint density at radius 3 is 2.18 bits per heavy atom. The van der Waals surface area contributed by atoms with E-state index in [4.69, 9.17) is 11.6 Å². The lowest BCUT2D eigenvalue weighted by Crippen LogP contribution is -2.53. The number of carbonyl (C=O) groups excluding carboxylic acids is 2. The molecule has 10 heteroatoms. The van der Waals surface area contributed by atoms with Gasteiger partial charge >= 0.3 is 0 Å². The first-order valence-corrected chi connectivity index (χ1v) is 15.5. The molecule has 0 bridgehead atoms. The Bertz CT molecular complexity index is 1370. The summed E-state index contributed by atoms with van der Waals surface area (Å²) >= 11 is 9.58. The highest BCUT2D eigenvalue weighted by Gasteiger charge is 2.33. The van der Waals surface area contributed by atoms with Crippen molar-refractivity contribution in [1.29, 1.82) is 0 Å². The van der Waals surface area contributed by atoms with Crippen LogP contribution < -0.4 is 9.62 Å². The summed E-state index contributed by atoms with van der Waals surface area (Å²) in [4.78, 5) is 29.0. The lowest BCUT2D eigenvalue weighted by Gasteiger charge is -2.33. The van der Waals surface area contributed by atoms with E-state index in [1.807, 2.05) is 50.2 Å². The molecule has 0 aliphatic rings. The SMILES string of the molecule is CC(C)CNC(=O)C(Cc1ccccc1)N(Cc1cccc(Cl)c1)C(=O)CN(c1ccc(Br)cc1)S(C)(=O)=O. The number of hydrogen-bond donors (Lipinski definition) is 1. The van der Waals surface area contributed by atoms with Gasteiger partial charge in [0, 0.05) is 29.0 Å². The molecule has 3 aromatic carbocycles. The van der Waals surface area contributed by atoms with E-state index in [-0.39, 0.29) is 24.8 Å². The van der Waals surface area contributed by atoms with Crippen LogP contribution >= 0.6 is 27.5 Å². The number of sulfonamides is 1. The van der Waals surface area contributed by atoms with E-state index in [1.165, 1.54) is 4.90 Å². The molecule has 0 aliphatic heterocycles. The summed E-state index contributed by atoms with van der Waals surface area (Å²) in [6.45, 7) is 4.03. The molecule has 0 saturated heterocycles. The zero-order valence-electron chi connectivity index (χ0n) is 22.2. The van der Waals surface area contributed by atoms with Crippen LogP contribution in [0.1, 0.15) is 25.0 Å². The number of nitrogens with one attached hydrogen (secondary N) is 1. The molecular formula is C29H33BrClN3O4S. The number of anilines is 1. The molecule has 3 rings (SSSR count). The van der Waals surface area contributed by atoms with Gasteiger partial charge in [-0.15, -0.1) is 0 Å². The normalized spacial score (nSPS) is 12.2. The molecule has 1 unspecified atom stereocenters. The van der Waals surface area contributed by atoms with Crippen molar-refractivity contribution in [3.63, 3.8) is 0 Å². The highest BCUT2D eigenvalue weighted by molar-refractivity contribution is 9.10. The minimum atomic E-state index is -3.82. The predicted molar refractivity (Wildman–Crippen MR) is 160 cm³/mol. The topological polar surface area (TPSA) is 86.8 Å². The van der Waals surface area contributed by atoms with Crippen molar-refractivity contribution in [3.05, 3.63) is 99.5 Å². The van der Waals surface area contributed by atoms with Crippen LogP contribution in [0.3, 0.4) is 0 Å². The Labute approximate surface area is 244 Å². The number of carbonyl (C=O) groups is 2. The highest BCUT2D eigenvalue weighted by Crippen LogP contribution is 2.23. The molecule has 7 nitrogen and oxygen atoms in total. The number of benzene rings is 3. The first-order valence-electron chi connectivity index (χ1n) is 12.5. The molecule has 0 saturated carbocycles. The van der Waals surface area contributed by atoms with Crippen molar-refractivity contribution in [1.82, 2.24) is 10.2 Å². The average Bonchev–Trinajstić information content (AvgIpc) is 2.88. The Morgan fingerprint density at radius 1 is 0.949 bits per heavy atom. The van der Waals surface area contributed by atoms with Crippen molar-refractivity contribution in [3.8, 4) is 0 Å². The molecule has 1 atom stereocenters. The standard InChI is InChI=1S/C29H33BrClN3O4S/c1-21(2)18-32-29(36)27(17-22-8-5-4-6-9-22)33(19-23-10-7-11-25(31)16-23)28(35)20-34(39(3,37)38)26-14-12-24(30)13-15-26/h4-16,21,27H,17-20H2,1-3H3,(H,32,36). The van der Waals surface area contributed by atoms with Gasteiger partial charge in [-0.2, -0.15) is 0 Å². The second kappa shape index (κ2) is 14.0. The van der Waals surface area contributed by atoms with Crippen molar-refractivity contribution >= 4 is 55.1 Å². The zero-order valence-corrected chi connectivity index (χ0v) is 25.3. The van der Waals surface area contributed by atoms with E-state index in [1.54, 1.807) is 42.5 Å². The van der Waals surface area contributed by atoms with Crippen molar-refractivity contribution in [2.24, 2.45) is 5.92 Å². The summed E-state index contributed by atoms with van der Waals surface area (Å²) in [5, 5.41) is 3.46. The number of nitrogens with zero attached hydrogens (tertiary/aromatic N) is 2. The molecule has 0 spiro atoms. The van der Waals surface area contributed by atoms with Gasteiger partial charge in [0.25, 0.3) is 0 Å². The lowest BCUT2D eigenvalue weighted by atomic mass is 10.0. The van der Waals surface area contributed by atoms with E-state index in [9.17, 15) is 18.0 Å². The third kappa shape index (κ3) is 9.37. The van der Waals surface area contributed by atoms with E-state index in [0.717, 1.165) is 26.2 Å². The molecule has 39 heavy (non-hydrogen) atoms. The maximum absolute atomic E-state index is 14.0. The van der Waals surface area contributed by atoms with Crippen molar-refractivity contribution in [2.75, 3.05) is 23.7 Å². The van der Waals surface area contributed by atoms with Gasteiger partial charge in [0.1, 0.15) is 12.6 Å². The maximum atomic E-state index is 14.0. The largest absolute Gasteiger partial charge is 0.354 e. The third-order valence-electron chi connectivity index (χ3n) is 5.99. The predicted octanol–water partition coefficient (Wildman–Crippen LogP) is 5.28. The summed E-state index contributed by atoms with van der Waals surface area (Å²) in [6.07, 6.45) is 1.31. The Morgan fingerprint density at radius 2 is 1.59 bits per heavy atom. The Hall–Kier alpha value is -2.88. The second-order valence-corrected chi connectivity index (χ2v) is 13.0. The van der Waals surface area contributed by atoms with Gasteiger partial charge in [-0.3, -0.25) is 13.9 Å². The van der Waals surface area contributed by atoms with Gasteiger partial charge < -0.3 is 10.2 Å². The Kier molecular flexibility index (Phi) is 11.0. The maximum Gasteiger partial charge on any atom is 0.244 e. The van der Waals surface area contributed by atoms with Crippen molar-refractivity contribution < 1.29 is 18.0 Å². The van der Waals surface area contributed by atoms with Crippen LogP contribution in [0.5, 0.6) is 0 Å². The lowest BCUT2D eigenvalue weighted by molar-refractivity contribution is -0.140. The Balaban J connectivity index is 2.04. The van der Waals surface area contributed by atoms with E-state index in [2.05, 4.69) is 21.2 Å². The summed E-state index contributed by atoms with van der Waals surface area (Å²) in [6, 6.07) is 22.3. The van der Waals surface area contributed by atoms with E-state index >= 15 is 0 Å². The number of amides is 2. The van der Waals surface area contributed by atoms with Gasteiger partial charge in [0.2, 0.25) is 21.8 Å². The van der Waals surface area contributed by atoms with Crippen LogP contribution in [0.2, 0.25) is 5.02 Å². The highest BCUT2D eigenvalue weighted by atomic mass is 79.9. The monoisotopic (exact) mass is 633 g/mol. The van der Waals surface area contributed by atoms with Crippen LogP contribution in [-0.2, 0) is 32.6 Å². The zero-order chi connectivity index (χ0) is 28.6. The summed E-state index contributed by atoms with van der Waals surface area (Å²) in [5.74, 6) is -0.608. The molecule has 208 valence electrons.